The highest BCUT2D eigenvalue weighted by Gasteiger charge is 2.21. The molecule has 3 heteroatoms. The molecular formula is C14H13NO2. The number of hydrogen-bond donors (Lipinski definition) is 0. The van der Waals surface area contributed by atoms with Crippen LogP contribution in [0.2, 0.25) is 0 Å². The molecule has 2 aromatic rings. The van der Waals surface area contributed by atoms with E-state index in [4.69, 9.17) is 4.74 Å². The van der Waals surface area contributed by atoms with E-state index >= 15 is 0 Å². The number of nitrogens with zero attached hydrogens (tertiary/aromatic N) is 1. The second-order valence-electron chi connectivity index (χ2n) is 4.28. The van der Waals surface area contributed by atoms with Crippen LogP contribution < -0.4 is 10.2 Å². The minimum absolute atomic E-state index is 0.0388. The predicted molar refractivity (Wildman–Crippen MR) is 65.3 cm³/mol. The number of ether oxygens (including phenoxy) is 1. The first-order valence-electron chi connectivity index (χ1n) is 5.72. The van der Waals surface area contributed by atoms with Crippen molar-refractivity contribution in [3.63, 3.8) is 0 Å². The lowest BCUT2D eigenvalue weighted by molar-refractivity contribution is 0.209. The Bertz CT molecular complexity index is 543. The van der Waals surface area contributed by atoms with Gasteiger partial charge in [0.05, 0.1) is 6.54 Å². The van der Waals surface area contributed by atoms with E-state index in [9.17, 15) is 4.79 Å². The van der Waals surface area contributed by atoms with Gasteiger partial charge in [-0.2, -0.15) is 0 Å². The molecule has 1 aromatic carbocycles. The Labute approximate surface area is 99.3 Å². The summed E-state index contributed by atoms with van der Waals surface area (Å²) in [6.07, 6.45) is 4.70. The van der Waals surface area contributed by atoms with Crippen LogP contribution in [0, 0.1) is 0 Å². The first-order valence-corrected chi connectivity index (χ1v) is 5.72. The van der Waals surface area contributed by atoms with Crippen molar-refractivity contribution >= 4 is 0 Å². The zero-order chi connectivity index (χ0) is 11.7. The Hall–Kier alpha value is -2.03. The number of pyridine rings is 1. The third-order valence-corrected chi connectivity index (χ3v) is 2.99. The summed E-state index contributed by atoms with van der Waals surface area (Å²) in [6, 6.07) is 11.3. The van der Waals surface area contributed by atoms with Gasteiger partial charge in [-0.1, -0.05) is 18.2 Å². The van der Waals surface area contributed by atoms with Gasteiger partial charge in [-0.3, -0.25) is 4.79 Å². The van der Waals surface area contributed by atoms with Gasteiger partial charge >= 0.3 is 0 Å². The van der Waals surface area contributed by atoms with E-state index in [1.807, 2.05) is 22.8 Å². The maximum atomic E-state index is 11.0. The molecule has 3 nitrogen and oxygen atoms in total. The summed E-state index contributed by atoms with van der Waals surface area (Å²) in [4.78, 5) is 11.0. The smallest absolute Gasteiger partial charge is 0.181 e. The number of benzene rings is 1. The lowest BCUT2D eigenvalue weighted by Crippen LogP contribution is -2.21. The summed E-state index contributed by atoms with van der Waals surface area (Å²) < 4.78 is 7.83. The van der Waals surface area contributed by atoms with Crippen LogP contribution in [0.15, 0.2) is 53.6 Å². The molecule has 0 spiro atoms. The molecule has 1 atom stereocenters. The molecule has 1 unspecified atom stereocenters. The third-order valence-electron chi connectivity index (χ3n) is 2.99. The van der Waals surface area contributed by atoms with E-state index in [0.29, 0.717) is 0 Å². The first kappa shape index (κ1) is 10.1. The Kier molecular flexibility index (Phi) is 2.44. The minimum atomic E-state index is 0.0388. The monoisotopic (exact) mass is 227 g/mol. The Balaban J connectivity index is 1.73. The third kappa shape index (κ3) is 2.09. The van der Waals surface area contributed by atoms with Crippen molar-refractivity contribution in [2.45, 2.75) is 19.1 Å². The van der Waals surface area contributed by atoms with Crippen LogP contribution in [0.5, 0.6) is 5.75 Å². The van der Waals surface area contributed by atoms with Crippen molar-refractivity contribution in [1.29, 1.82) is 0 Å². The molecule has 1 aliphatic heterocycles. The van der Waals surface area contributed by atoms with Crippen molar-refractivity contribution in [3.05, 3.63) is 64.6 Å². The van der Waals surface area contributed by atoms with Crippen molar-refractivity contribution in [3.8, 4) is 5.75 Å². The SMILES string of the molecule is O=c1ccn(CC2Cc3ccccc3O2)cc1. The maximum absolute atomic E-state index is 11.0. The molecule has 0 saturated heterocycles. The van der Waals surface area contributed by atoms with Gasteiger partial charge in [0, 0.05) is 30.9 Å². The highest BCUT2D eigenvalue weighted by atomic mass is 16.5. The molecule has 0 bridgehead atoms. The summed E-state index contributed by atoms with van der Waals surface area (Å²) in [6.45, 7) is 0.773. The van der Waals surface area contributed by atoms with Gasteiger partial charge in [0.2, 0.25) is 0 Å². The lowest BCUT2D eigenvalue weighted by Gasteiger charge is -2.12. The van der Waals surface area contributed by atoms with Gasteiger partial charge in [0.15, 0.2) is 5.43 Å². The van der Waals surface area contributed by atoms with Crippen molar-refractivity contribution in [2.75, 3.05) is 0 Å². The molecule has 86 valence electrons. The molecule has 17 heavy (non-hydrogen) atoms. The van der Waals surface area contributed by atoms with Crippen LogP contribution >= 0.6 is 0 Å². The highest BCUT2D eigenvalue weighted by Crippen LogP contribution is 2.28. The first-order chi connectivity index (χ1) is 8.31. The standard InChI is InChI=1S/C14H13NO2/c16-12-5-7-15(8-6-12)10-13-9-11-3-1-2-4-14(11)17-13/h1-8,13H,9-10H2. The molecule has 0 saturated carbocycles. The maximum Gasteiger partial charge on any atom is 0.181 e. The fraction of sp³-hybridized carbons (Fsp3) is 0.214. The van der Waals surface area contributed by atoms with Crippen LogP contribution in [0.25, 0.3) is 0 Å². The number of aromatic nitrogens is 1. The van der Waals surface area contributed by atoms with Gasteiger partial charge in [-0.05, 0) is 11.6 Å². The van der Waals surface area contributed by atoms with Crippen LogP contribution in [0.1, 0.15) is 5.56 Å². The summed E-state index contributed by atoms with van der Waals surface area (Å²) >= 11 is 0. The molecule has 0 aliphatic carbocycles. The summed E-state index contributed by atoms with van der Waals surface area (Å²) in [5.74, 6) is 0.985. The molecule has 2 heterocycles. The highest BCUT2D eigenvalue weighted by molar-refractivity contribution is 5.37. The molecule has 0 radical (unpaired) electrons. The van der Waals surface area contributed by atoms with Crippen LogP contribution in [0.3, 0.4) is 0 Å². The minimum Gasteiger partial charge on any atom is -0.488 e. The summed E-state index contributed by atoms with van der Waals surface area (Å²) in [5, 5.41) is 0. The molecule has 0 fully saturated rings. The zero-order valence-corrected chi connectivity index (χ0v) is 9.37. The average Bonchev–Trinajstić information content (AvgIpc) is 2.74. The Morgan fingerprint density at radius 1 is 1.18 bits per heavy atom. The van der Waals surface area contributed by atoms with E-state index < -0.39 is 0 Å². The van der Waals surface area contributed by atoms with Crippen molar-refractivity contribution in [2.24, 2.45) is 0 Å². The van der Waals surface area contributed by atoms with E-state index in [1.54, 1.807) is 24.5 Å². The average molecular weight is 227 g/mol. The van der Waals surface area contributed by atoms with E-state index in [-0.39, 0.29) is 11.5 Å². The Morgan fingerprint density at radius 2 is 1.94 bits per heavy atom. The second-order valence-corrected chi connectivity index (χ2v) is 4.28. The molecule has 3 rings (SSSR count). The molecule has 0 N–H and O–H groups in total. The molecule has 1 aromatic heterocycles. The van der Waals surface area contributed by atoms with Crippen LogP contribution in [-0.4, -0.2) is 10.7 Å². The predicted octanol–water partition coefficient (Wildman–Crippen LogP) is 1.85. The summed E-state index contributed by atoms with van der Waals surface area (Å²) in [5.41, 5.74) is 1.30. The van der Waals surface area contributed by atoms with E-state index in [1.165, 1.54) is 5.56 Å². The van der Waals surface area contributed by atoms with Crippen molar-refractivity contribution in [1.82, 2.24) is 4.57 Å². The molecule has 0 amide bonds. The normalized spacial score (nSPS) is 17.5. The number of para-hydroxylation sites is 1. The quantitative estimate of drug-likeness (QED) is 0.784. The Morgan fingerprint density at radius 3 is 2.71 bits per heavy atom. The van der Waals surface area contributed by atoms with E-state index in [2.05, 4.69) is 6.07 Å². The fourth-order valence-corrected chi connectivity index (χ4v) is 2.16. The molecular weight excluding hydrogens is 214 g/mol. The van der Waals surface area contributed by atoms with Crippen LogP contribution in [0.4, 0.5) is 0 Å². The fourth-order valence-electron chi connectivity index (χ4n) is 2.16. The van der Waals surface area contributed by atoms with Gasteiger partial charge in [0.1, 0.15) is 11.9 Å². The zero-order valence-electron chi connectivity index (χ0n) is 9.37. The van der Waals surface area contributed by atoms with E-state index in [0.717, 1.165) is 18.7 Å². The number of fused-ring (bicyclic) bond motifs is 1. The van der Waals surface area contributed by atoms with Gasteiger partial charge < -0.3 is 9.30 Å². The van der Waals surface area contributed by atoms with Gasteiger partial charge in [0.25, 0.3) is 0 Å². The molecule has 1 aliphatic rings. The summed E-state index contributed by atoms with van der Waals surface area (Å²) in [7, 11) is 0. The largest absolute Gasteiger partial charge is 0.488 e. The topological polar surface area (TPSA) is 31.2 Å². The van der Waals surface area contributed by atoms with Gasteiger partial charge in [-0.15, -0.1) is 0 Å². The van der Waals surface area contributed by atoms with Crippen LogP contribution in [-0.2, 0) is 13.0 Å². The number of hydrogen-bond acceptors (Lipinski definition) is 2. The van der Waals surface area contributed by atoms with Gasteiger partial charge in [-0.25, -0.2) is 0 Å². The second kappa shape index (κ2) is 4.09. The van der Waals surface area contributed by atoms with Crippen molar-refractivity contribution < 1.29 is 4.74 Å². The number of rotatable bonds is 2. The lowest BCUT2D eigenvalue weighted by atomic mass is 10.1.